The van der Waals surface area contributed by atoms with E-state index in [-0.39, 0.29) is 24.9 Å². The lowest BCUT2D eigenvalue weighted by molar-refractivity contribution is -0.139. The number of amides is 3. The van der Waals surface area contributed by atoms with Gasteiger partial charge in [0.15, 0.2) is 0 Å². The van der Waals surface area contributed by atoms with E-state index in [1.165, 1.54) is 18.2 Å². The first-order valence-electron chi connectivity index (χ1n) is 9.41. The van der Waals surface area contributed by atoms with Crippen LogP contribution in [0.4, 0.5) is 5.69 Å². The lowest BCUT2D eigenvalue weighted by Gasteiger charge is -2.20. The number of nitrogens with one attached hydrogen (secondary N) is 2. The Morgan fingerprint density at radius 3 is 2.41 bits per heavy atom. The number of benzene rings is 1. The molecule has 0 radical (unpaired) electrons. The Morgan fingerprint density at radius 1 is 1.12 bits per heavy atom. The molecule has 1 rings (SSSR count). The number of hydrogen-bond acceptors (Lipinski definition) is 7. The lowest BCUT2D eigenvalue weighted by atomic mass is 10.1. The molecule has 1 aromatic carbocycles. The van der Waals surface area contributed by atoms with E-state index in [1.807, 2.05) is 0 Å². The van der Waals surface area contributed by atoms with Crippen LogP contribution in [0.25, 0.3) is 0 Å². The van der Waals surface area contributed by atoms with Crippen LogP contribution in [0.2, 0.25) is 0 Å². The van der Waals surface area contributed by atoms with Crippen molar-refractivity contribution in [2.24, 2.45) is 5.73 Å². The van der Waals surface area contributed by atoms with Gasteiger partial charge in [-0.1, -0.05) is 12.0 Å². The van der Waals surface area contributed by atoms with Gasteiger partial charge in [0.1, 0.15) is 18.6 Å². The summed E-state index contributed by atoms with van der Waals surface area (Å²) < 4.78 is 0. The molecular formula is C20H24N4O8. The number of carbonyl (C=O) groups is 5. The number of rotatable bonds is 12. The van der Waals surface area contributed by atoms with Gasteiger partial charge in [-0.05, 0) is 31.0 Å². The van der Waals surface area contributed by atoms with Gasteiger partial charge in [-0.15, -0.1) is 6.42 Å². The van der Waals surface area contributed by atoms with Crippen molar-refractivity contribution in [3.8, 4) is 12.3 Å². The zero-order valence-electron chi connectivity index (χ0n) is 17.0. The second-order valence-electron chi connectivity index (χ2n) is 6.65. The van der Waals surface area contributed by atoms with Crippen molar-refractivity contribution in [1.29, 1.82) is 0 Å². The predicted molar refractivity (Wildman–Crippen MR) is 110 cm³/mol. The van der Waals surface area contributed by atoms with Crippen molar-refractivity contribution in [2.45, 2.75) is 37.8 Å². The summed E-state index contributed by atoms with van der Waals surface area (Å²) in [6.45, 7) is -0.714. The summed E-state index contributed by atoms with van der Waals surface area (Å²) in [5, 5.41) is 32.3. The number of aliphatic carboxylic acids is 2. The minimum Gasteiger partial charge on any atom is -0.480 e. The largest absolute Gasteiger partial charge is 0.480 e. The highest BCUT2D eigenvalue weighted by molar-refractivity contribution is 5.93. The first kappa shape index (κ1) is 26.1. The average Bonchev–Trinajstić information content (AvgIpc) is 2.77. The van der Waals surface area contributed by atoms with Crippen molar-refractivity contribution >= 4 is 35.3 Å². The summed E-state index contributed by atoms with van der Waals surface area (Å²) >= 11 is 0. The molecule has 0 aromatic heterocycles. The van der Waals surface area contributed by atoms with Crippen molar-refractivity contribution in [3.05, 3.63) is 29.8 Å². The Hall–Kier alpha value is -3.95. The molecule has 0 spiro atoms. The van der Waals surface area contributed by atoms with Gasteiger partial charge in [-0.25, -0.2) is 0 Å². The van der Waals surface area contributed by atoms with E-state index in [4.69, 9.17) is 22.4 Å². The minimum atomic E-state index is -1.32. The zero-order chi connectivity index (χ0) is 24.3. The molecule has 0 saturated carbocycles. The molecule has 172 valence electrons. The number of carboxylic acids is 2. The topological polar surface area (TPSA) is 199 Å². The molecule has 1 aromatic rings. The number of anilines is 1. The standard InChI is InChI=1S/C20H24N4O8/c1-2-12-4-3-5-13(10-12)24(32)17(26)9-7-15(19(29)22-11-18(27)28)23-16(25)8-6-14(21)20(30)31/h1,3-5,10,14-15,32H,6-9,11,21H2,(H,22,29)(H,23,25)(H,27,28)(H,30,31)/t14-,15-/m0/s1. The minimum absolute atomic E-state index is 0.101. The third-order valence-electron chi connectivity index (χ3n) is 4.21. The summed E-state index contributed by atoms with van der Waals surface area (Å²) in [5.41, 5.74) is 5.85. The molecule has 12 nitrogen and oxygen atoms in total. The maximum atomic E-state index is 12.3. The highest BCUT2D eigenvalue weighted by Gasteiger charge is 2.24. The van der Waals surface area contributed by atoms with Crippen LogP contribution in [0.3, 0.4) is 0 Å². The molecule has 0 aliphatic rings. The number of nitrogens with zero attached hydrogens (tertiary/aromatic N) is 1. The number of terminal acetylenes is 1. The van der Waals surface area contributed by atoms with Crippen LogP contribution < -0.4 is 21.4 Å². The van der Waals surface area contributed by atoms with E-state index in [0.29, 0.717) is 10.6 Å². The summed E-state index contributed by atoms with van der Waals surface area (Å²) in [6, 6.07) is 3.37. The third kappa shape index (κ3) is 8.82. The van der Waals surface area contributed by atoms with E-state index in [1.54, 1.807) is 6.07 Å². The number of hydrogen-bond donors (Lipinski definition) is 6. The van der Waals surface area contributed by atoms with E-state index >= 15 is 0 Å². The number of carboxylic acid groups (broad SMARTS) is 2. The molecule has 0 heterocycles. The lowest BCUT2D eigenvalue weighted by Crippen LogP contribution is -2.48. The van der Waals surface area contributed by atoms with Crippen LogP contribution in [-0.4, -0.2) is 63.7 Å². The van der Waals surface area contributed by atoms with Gasteiger partial charge in [-0.2, -0.15) is 5.06 Å². The maximum Gasteiger partial charge on any atom is 0.322 e. The van der Waals surface area contributed by atoms with Crippen molar-refractivity contribution in [2.75, 3.05) is 11.6 Å². The Morgan fingerprint density at radius 2 is 1.81 bits per heavy atom. The molecular weight excluding hydrogens is 424 g/mol. The van der Waals surface area contributed by atoms with Crippen LogP contribution in [0, 0.1) is 12.3 Å². The second-order valence-corrected chi connectivity index (χ2v) is 6.65. The molecule has 3 amide bonds. The summed E-state index contributed by atoms with van der Waals surface area (Å²) in [5.74, 6) is -2.65. The van der Waals surface area contributed by atoms with Crippen LogP contribution in [0.1, 0.15) is 31.2 Å². The van der Waals surface area contributed by atoms with E-state index in [9.17, 15) is 29.2 Å². The second kappa shape index (κ2) is 12.7. The van der Waals surface area contributed by atoms with Gasteiger partial charge in [-0.3, -0.25) is 29.2 Å². The van der Waals surface area contributed by atoms with Crippen LogP contribution >= 0.6 is 0 Å². The Kier molecular flexibility index (Phi) is 10.3. The van der Waals surface area contributed by atoms with Gasteiger partial charge in [0, 0.05) is 18.4 Å². The number of carbonyl (C=O) groups excluding carboxylic acids is 3. The molecule has 32 heavy (non-hydrogen) atoms. The van der Waals surface area contributed by atoms with E-state index in [0.717, 1.165) is 0 Å². The molecule has 0 aliphatic heterocycles. The molecule has 0 fully saturated rings. The van der Waals surface area contributed by atoms with Crippen molar-refractivity contribution < 1.29 is 39.4 Å². The monoisotopic (exact) mass is 448 g/mol. The highest BCUT2D eigenvalue weighted by Crippen LogP contribution is 2.16. The molecule has 2 atom stereocenters. The molecule has 0 aliphatic carbocycles. The summed E-state index contributed by atoms with van der Waals surface area (Å²) in [4.78, 5) is 58.0. The highest BCUT2D eigenvalue weighted by atomic mass is 16.5. The summed E-state index contributed by atoms with van der Waals surface area (Å²) in [7, 11) is 0. The fraction of sp³-hybridized carbons (Fsp3) is 0.350. The molecule has 7 N–H and O–H groups in total. The van der Waals surface area contributed by atoms with Gasteiger partial charge >= 0.3 is 11.9 Å². The van der Waals surface area contributed by atoms with Gasteiger partial charge < -0.3 is 26.6 Å². The third-order valence-corrected chi connectivity index (χ3v) is 4.21. The number of hydroxylamine groups is 1. The van der Waals surface area contributed by atoms with E-state index in [2.05, 4.69) is 16.6 Å². The van der Waals surface area contributed by atoms with Crippen molar-refractivity contribution in [1.82, 2.24) is 10.6 Å². The molecule has 12 heteroatoms. The fourth-order valence-corrected chi connectivity index (χ4v) is 2.48. The Balaban J connectivity index is 2.79. The van der Waals surface area contributed by atoms with E-state index < -0.39 is 54.7 Å². The zero-order valence-corrected chi connectivity index (χ0v) is 17.0. The Labute approximate surface area is 183 Å². The quantitative estimate of drug-likeness (QED) is 0.132. The SMILES string of the molecule is C#Cc1cccc(N(O)C(=O)CC[C@H](NC(=O)CC[C@H](N)C(=O)O)C(=O)NCC(=O)O)c1. The normalized spacial score (nSPS) is 12.0. The fourth-order valence-electron chi connectivity index (χ4n) is 2.48. The predicted octanol–water partition coefficient (Wildman–Crippen LogP) is -0.952. The first-order chi connectivity index (χ1) is 15.0. The van der Waals surface area contributed by atoms with Crippen molar-refractivity contribution in [3.63, 3.8) is 0 Å². The van der Waals surface area contributed by atoms with Crippen LogP contribution in [0.5, 0.6) is 0 Å². The number of nitrogens with two attached hydrogens (primary N) is 1. The smallest absolute Gasteiger partial charge is 0.322 e. The molecule has 0 bridgehead atoms. The maximum absolute atomic E-state index is 12.3. The summed E-state index contributed by atoms with van der Waals surface area (Å²) in [6.07, 6.45) is 4.11. The first-order valence-corrected chi connectivity index (χ1v) is 9.41. The van der Waals surface area contributed by atoms with Gasteiger partial charge in [0.25, 0.3) is 5.91 Å². The molecule has 0 saturated heterocycles. The van der Waals surface area contributed by atoms with Gasteiger partial charge in [0.05, 0.1) is 5.69 Å². The van der Waals surface area contributed by atoms with Crippen LogP contribution in [0.15, 0.2) is 24.3 Å². The van der Waals surface area contributed by atoms with Crippen LogP contribution in [-0.2, 0) is 24.0 Å². The van der Waals surface area contributed by atoms with Gasteiger partial charge in [0.2, 0.25) is 11.8 Å². The molecule has 0 unspecified atom stereocenters. The Bertz CT molecular complexity index is 911. The average molecular weight is 448 g/mol.